The fraction of sp³-hybridized carbons (Fsp3) is 0.778. The van der Waals surface area contributed by atoms with Crippen molar-refractivity contribution < 1.29 is 13.3 Å². The molecule has 1 N–H and O–H groups in total. The van der Waals surface area contributed by atoms with Crippen molar-refractivity contribution in [1.29, 1.82) is 0 Å². The van der Waals surface area contributed by atoms with E-state index in [0.29, 0.717) is 0 Å². The number of hydrogen-bond donors (Lipinski definition) is 1. The highest BCUT2D eigenvalue weighted by Crippen LogP contribution is 2.21. The molecule has 0 saturated carbocycles. The Morgan fingerprint density at radius 1 is 0.594 bits per heavy atom. The van der Waals surface area contributed by atoms with Crippen LogP contribution in [0.25, 0.3) is 0 Å². The maximum absolute atomic E-state index is 6.51. The average Bonchev–Trinajstić information content (AvgIpc) is 2.82. The van der Waals surface area contributed by atoms with Gasteiger partial charge in [-0.25, -0.2) is 0 Å². The van der Waals surface area contributed by atoms with Crippen molar-refractivity contribution in [2.24, 2.45) is 0 Å². The first-order chi connectivity index (χ1) is 15.8. The van der Waals surface area contributed by atoms with Gasteiger partial charge < -0.3 is 18.6 Å². The van der Waals surface area contributed by atoms with E-state index in [1.807, 2.05) is 6.07 Å². The Kier molecular flexibility index (Phi) is 18.9. The van der Waals surface area contributed by atoms with Gasteiger partial charge in [-0.05, 0) is 37.8 Å². The largest absolute Gasteiger partial charge is 0.501 e. The number of unbranched alkanes of at least 4 members (excludes halogenated alkanes) is 9. The molecule has 32 heavy (non-hydrogen) atoms. The van der Waals surface area contributed by atoms with E-state index in [4.69, 9.17) is 13.3 Å². The Balaban J connectivity index is 2.63. The molecule has 0 radical (unpaired) electrons. The van der Waals surface area contributed by atoms with E-state index >= 15 is 0 Å². The Hall–Kier alpha value is -0.883. The lowest BCUT2D eigenvalue weighted by Crippen LogP contribution is -2.47. The lowest BCUT2D eigenvalue weighted by Gasteiger charge is -2.30. The monoisotopic (exact) mass is 465 g/mol. The van der Waals surface area contributed by atoms with Crippen LogP contribution < -0.4 is 5.32 Å². The molecule has 0 spiro atoms. The standard InChI is InChI=1S/C27H51NO3Si/c1-4-7-10-16-23-29-32(30-24-17-11-8-5-2,31-25-18-12-9-6-3)26-19-22-28-27-20-14-13-15-21-27/h13-15,20-21,28H,4-12,16-19,22-26H2,1-3H3. The van der Waals surface area contributed by atoms with E-state index in [-0.39, 0.29) is 0 Å². The van der Waals surface area contributed by atoms with Crippen molar-refractivity contribution >= 4 is 14.5 Å². The van der Waals surface area contributed by atoms with Crippen LogP contribution in [0.3, 0.4) is 0 Å². The molecule has 4 nitrogen and oxygen atoms in total. The summed E-state index contributed by atoms with van der Waals surface area (Å²) in [6.07, 6.45) is 15.5. The summed E-state index contributed by atoms with van der Waals surface area (Å²) in [4.78, 5) is 0. The summed E-state index contributed by atoms with van der Waals surface area (Å²) in [5, 5.41) is 3.52. The number of anilines is 1. The molecule has 0 aliphatic heterocycles. The molecule has 0 amide bonds. The summed E-state index contributed by atoms with van der Waals surface area (Å²) in [6.45, 7) is 9.96. The Morgan fingerprint density at radius 2 is 1.06 bits per heavy atom. The van der Waals surface area contributed by atoms with Crippen LogP contribution in [0.2, 0.25) is 6.04 Å². The molecule has 0 aliphatic rings. The van der Waals surface area contributed by atoms with Gasteiger partial charge in [-0.3, -0.25) is 0 Å². The number of nitrogens with one attached hydrogen (secondary N) is 1. The molecule has 0 unspecified atom stereocenters. The van der Waals surface area contributed by atoms with E-state index in [2.05, 4.69) is 50.4 Å². The third kappa shape index (κ3) is 15.0. The van der Waals surface area contributed by atoms with Crippen molar-refractivity contribution in [3.63, 3.8) is 0 Å². The summed E-state index contributed by atoms with van der Waals surface area (Å²) in [5.74, 6) is 0. The predicted molar refractivity (Wildman–Crippen MR) is 140 cm³/mol. The van der Waals surface area contributed by atoms with E-state index in [1.54, 1.807) is 0 Å². The smallest absolute Gasteiger partial charge is 0.385 e. The number of para-hydroxylation sites is 1. The van der Waals surface area contributed by atoms with Crippen LogP contribution in [0.15, 0.2) is 30.3 Å². The zero-order valence-corrected chi connectivity index (χ0v) is 22.3. The predicted octanol–water partition coefficient (Wildman–Crippen LogP) is 8.22. The van der Waals surface area contributed by atoms with Gasteiger partial charge >= 0.3 is 8.80 Å². The van der Waals surface area contributed by atoms with Crippen LogP contribution in [-0.4, -0.2) is 35.2 Å². The van der Waals surface area contributed by atoms with E-state index in [0.717, 1.165) is 58.1 Å². The summed E-state index contributed by atoms with van der Waals surface area (Å²) in [5.41, 5.74) is 1.17. The number of rotatable bonds is 23. The first kappa shape index (κ1) is 29.1. The quantitative estimate of drug-likeness (QED) is 0.130. The number of benzene rings is 1. The minimum atomic E-state index is -2.65. The van der Waals surface area contributed by atoms with Crippen LogP contribution in [-0.2, 0) is 13.3 Å². The van der Waals surface area contributed by atoms with Crippen LogP contribution in [0, 0.1) is 0 Å². The lowest BCUT2D eigenvalue weighted by molar-refractivity contribution is 0.0550. The Bertz CT molecular complexity index is 479. The molecule has 0 heterocycles. The normalized spacial score (nSPS) is 11.7. The third-order valence-electron chi connectivity index (χ3n) is 5.72. The molecule has 186 valence electrons. The van der Waals surface area contributed by atoms with Gasteiger partial charge in [-0.2, -0.15) is 0 Å². The van der Waals surface area contributed by atoms with Gasteiger partial charge in [0.1, 0.15) is 0 Å². The molecule has 0 aliphatic carbocycles. The van der Waals surface area contributed by atoms with Gasteiger partial charge in [-0.15, -0.1) is 0 Å². The second kappa shape index (κ2) is 20.7. The molecule has 0 atom stereocenters. The first-order valence-electron chi connectivity index (χ1n) is 13.5. The third-order valence-corrected chi connectivity index (χ3v) is 8.62. The van der Waals surface area contributed by atoms with Gasteiger partial charge in [0.15, 0.2) is 0 Å². The van der Waals surface area contributed by atoms with Crippen molar-refractivity contribution in [3.05, 3.63) is 30.3 Å². The van der Waals surface area contributed by atoms with E-state index in [9.17, 15) is 0 Å². The van der Waals surface area contributed by atoms with Crippen molar-refractivity contribution in [3.8, 4) is 0 Å². The summed E-state index contributed by atoms with van der Waals surface area (Å²) in [6, 6.07) is 11.3. The zero-order valence-electron chi connectivity index (χ0n) is 21.3. The molecule has 1 aromatic carbocycles. The fourth-order valence-electron chi connectivity index (χ4n) is 3.70. The minimum absolute atomic E-state index is 0.766. The van der Waals surface area contributed by atoms with Gasteiger partial charge in [-0.1, -0.05) is 96.8 Å². The van der Waals surface area contributed by atoms with Crippen molar-refractivity contribution in [2.75, 3.05) is 31.7 Å². The van der Waals surface area contributed by atoms with E-state index in [1.165, 1.54) is 63.5 Å². The topological polar surface area (TPSA) is 39.7 Å². The Morgan fingerprint density at radius 3 is 1.50 bits per heavy atom. The highest BCUT2D eigenvalue weighted by molar-refractivity contribution is 6.60. The molecule has 5 heteroatoms. The number of hydrogen-bond acceptors (Lipinski definition) is 4. The van der Waals surface area contributed by atoms with Crippen LogP contribution in [0.4, 0.5) is 5.69 Å². The van der Waals surface area contributed by atoms with Crippen molar-refractivity contribution in [1.82, 2.24) is 0 Å². The van der Waals surface area contributed by atoms with Crippen LogP contribution in [0.5, 0.6) is 0 Å². The molecule has 0 saturated heterocycles. The lowest BCUT2D eigenvalue weighted by atomic mass is 10.2. The second-order valence-corrected chi connectivity index (χ2v) is 11.5. The molecule has 0 bridgehead atoms. The average molecular weight is 466 g/mol. The van der Waals surface area contributed by atoms with E-state index < -0.39 is 8.80 Å². The summed E-state index contributed by atoms with van der Waals surface area (Å²) >= 11 is 0. The molecule has 0 aromatic heterocycles. The molecule has 1 rings (SSSR count). The fourth-order valence-corrected chi connectivity index (χ4v) is 6.36. The zero-order chi connectivity index (χ0) is 23.2. The van der Waals surface area contributed by atoms with Gasteiger partial charge in [0.2, 0.25) is 0 Å². The maximum atomic E-state index is 6.51. The maximum Gasteiger partial charge on any atom is 0.501 e. The summed E-state index contributed by atoms with van der Waals surface area (Å²) < 4.78 is 19.5. The molecular formula is C27H51NO3Si. The van der Waals surface area contributed by atoms with Gasteiger partial charge in [0.05, 0.1) is 0 Å². The highest BCUT2D eigenvalue weighted by Gasteiger charge is 2.40. The molecular weight excluding hydrogens is 414 g/mol. The van der Waals surface area contributed by atoms with Gasteiger partial charge in [0, 0.05) is 38.1 Å². The molecule has 0 fully saturated rings. The second-order valence-electron chi connectivity index (χ2n) is 8.81. The van der Waals surface area contributed by atoms with Gasteiger partial charge in [0.25, 0.3) is 0 Å². The highest BCUT2D eigenvalue weighted by atomic mass is 28.4. The van der Waals surface area contributed by atoms with Crippen molar-refractivity contribution in [2.45, 2.75) is 110 Å². The SMILES string of the molecule is CCCCCCO[Si](CCCNc1ccccc1)(OCCCCCC)OCCCCCC. The van der Waals surface area contributed by atoms with Crippen LogP contribution >= 0.6 is 0 Å². The minimum Gasteiger partial charge on any atom is -0.385 e. The molecule has 1 aromatic rings. The first-order valence-corrected chi connectivity index (χ1v) is 15.4. The summed E-state index contributed by atoms with van der Waals surface area (Å²) in [7, 11) is -2.65. The van der Waals surface area contributed by atoms with Crippen LogP contribution in [0.1, 0.15) is 104 Å². The Labute approximate surface area is 200 Å².